The Labute approximate surface area is 106 Å². The van der Waals surface area contributed by atoms with Gasteiger partial charge in [-0.3, -0.25) is 4.79 Å². The summed E-state index contributed by atoms with van der Waals surface area (Å²) in [7, 11) is 0. The summed E-state index contributed by atoms with van der Waals surface area (Å²) in [4.78, 5) is 12.0. The van der Waals surface area contributed by atoms with E-state index in [4.69, 9.17) is 5.73 Å². The molecule has 1 rings (SSSR count). The molecule has 1 saturated carbocycles. The molecule has 0 radical (unpaired) electrons. The van der Waals surface area contributed by atoms with E-state index in [1.54, 1.807) is 0 Å². The lowest BCUT2D eigenvalue weighted by atomic mass is 9.70. The van der Waals surface area contributed by atoms with Crippen molar-refractivity contribution in [2.24, 2.45) is 11.1 Å². The lowest BCUT2D eigenvalue weighted by Crippen LogP contribution is -2.35. The molecule has 0 aliphatic heterocycles. The van der Waals surface area contributed by atoms with E-state index >= 15 is 0 Å². The molecule has 0 atom stereocenters. The Hall–Kier alpha value is -0.370. The second kappa shape index (κ2) is 7.86. The van der Waals surface area contributed by atoms with Gasteiger partial charge in [0.1, 0.15) is 5.78 Å². The topological polar surface area (TPSA) is 43.1 Å². The average Bonchev–Trinajstić information content (AvgIpc) is 2.36. The average molecular weight is 239 g/mol. The first-order valence-electron chi connectivity index (χ1n) is 7.44. The Morgan fingerprint density at radius 2 is 1.82 bits per heavy atom. The van der Waals surface area contributed by atoms with Crippen molar-refractivity contribution in [3.63, 3.8) is 0 Å². The lowest BCUT2D eigenvalue weighted by molar-refractivity contribution is -0.121. The summed E-state index contributed by atoms with van der Waals surface area (Å²) in [5, 5.41) is 0. The van der Waals surface area contributed by atoms with Gasteiger partial charge < -0.3 is 5.73 Å². The zero-order valence-corrected chi connectivity index (χ0v) is 11.5. The van der Waals surface area contributed by atoms with Gasteiger partial charge in [-0.1, -0.05) is 45.4 Å². The van der Waals surface area contributed by atoms with Crippen LogP contribution in [0.1, 0.15) is 77.6 Å². The molecular weight excluding hydrogens is 210 g/mol. The molecule has 0 aromatic rings. The Bertz CT molecular complexity index is 219. The Balaban J connectivity index is 2.27. The highest BCUT2D eigenvalue weighted by Gasteiger charge is 2.32. The predicted octanol–water partition coefficient (Wildman–Crippen LogP) is 3.83. The lowest BCUT2D eigenvalue weighted by Gasteiger charge is -2.35. The summed E-state index contributed by atoms with van der Waals surface area (Å²) in [5.74, 6) is 0.452. The van der Waals surface area contributed by atoms with Crippen LogP contribution in [0.15, 0.2) is 0 Å². The first-order valence-corrected chi connectivity index (χ1v) is 7.44. The third-order valence-electron chi connectivity index (χ3n) is 4.23. The molecular formula is C15H29NO. The van der Waals surface area contributed by atoms with Crippen molar-refractivity contribution in [1.82, 2.24) is 0 Å². The monoisotopic (exact) mass is 239 g/mol. The molecule has 2 nitrogen and oxygen atoms in total. The molecule has 1 aliphatic carbocycles. The van der Waals surface area contributed by atoms with Crippen LogP contribution in [-0.4, -0.2) is 12.3 Å². The van der Waals surface area contributed by atoms with E-state index in [1.165, 1.54) is 51.4 Å². The molecule has 0 bridgehead atoms. The molecule has 0 heterocycles. The van der Waals surface area contributed by atoms with Crippen LogP contribution in [0.5, 0.6) is 0 Å². The number of rotatable bonds is 8. The largest absolute Gasteiger partial charge is 0.330 e. The summed E-state index contributed by atoms with van der Waals surface area (Å²) in [6.45, 7) is 2.90. The van der Waals surface area contributed by atoms with Crippen molar-refractivity contribution in [3.05, 3.63) is 0 Å². The van der Waals surface area contributed by atoms with Crippen LogP contribution in [0.2, 0.25) is 0 Å². The zero-order valence-electron chi connectivity index (χ0n) is 11.5. The van der Waals surface area contributed by atoms with Crippen molar-refractivity contribution in [3.8, 4) is 0 Å². The fourth-order valence-corrected chi connectivity index (χ4v) is 3.01. The number of nitrogens with two attached hydrogens (primary N) is 1. The van der Waals surface area contributed by atoms with Gasteiger partial charge in [0.2, 0.25) is 0 Å². The molecule has 1 aliphatic rings. The molecule has 0 aromatic heterocycles. The molecule has 0 aromatic carbocycles. The van der Waals surface area contributed by atoms with E-state index in [0.29, 0.717) is 12.3 Å². The molecule has 2 N–H and O–H groups in total. The number of unbranched alkanes of at least 4 members (excludes halogenated alkanes) is 3. The number of hydrogen-bond acceptors (Lipinski definition) is 2. The molecule has 0 spiro atoms. The van der Waals surface area contributed by atoms with E-state index in [9.17, 15) is 4.79 Å². The molecule has 0 amide bonds. The van der Waals surface area contributed by atoms with Gasteiger partial charge in [0.15, 0.2) is 0 Å². The molecule has 2 heteroatoms. The first-order chi connectivity index (χ1) is 8.22. The summed E-state index contributed by atoms with van der Waals surface area (Å²) < 4.78 is 0. The number of ketones is 1. The zero-order chi connectivity index (χ0) is 12.6. The minimum Gasteiger partial charge on any atom is -0.330 e. The van der Waals surface area contributed by atoms with Crippen molar-refractivity contribution in [1.29, 1.82) is 0 Å². The van der Waals surface area contributed by atoms with Gasteiger partial charge in [-0.05, 0) is 31.2 Å². The van der Waals surface area contributed by atoms with Crippen LogP contribution in [-0.2, 0) is 4.79 Å². The van der Waals surface area contributed by atoms with Crippen molar-refractivity contribution < 1.29 is 4.79 Å². The fraction of sp³-hybridized carbons (Fsp3) is 0.933. The van der Waals surface area contributed by atoms with Gasteiger partial charge in [0.05, 0.1) is 0 Å². The van der Waals surface area contributed by atoms with Crippen molar-refractivity contribution in [2.45, 2.75) is 77.6 Å². The standard InChI is InChI=1S/C15H29NO/c1-2-3-4-6-9-14(17)12-15(13-16)10-7-5-8-11-15/h2-13,16H2,1H3. The molecule has 1 fully saturated rings. The van der Waals surface area contributed by atoms with Gasteiger partial charge >= 0.3 is 0 Å². The van der Waals surface area contributed by atoms with E-state index < -0.39 is 0 Å². The fourth-order valence-electron chi connectivity index (χ4n) is 3.01. The highest BCUT2D eigenvalue weighted by atomic mass is 16.1. The molecule has 0 saturated heterocycles. The van der Waals surface area contributed by atoms with E-state index in [-0.39, 0.29) is 5.41 Å². The van der Waals surface area contributed by atoms with Crippen molar-refractivity contribution in [2.75, 3.05) is 6.54 Å². The van der Waals surface area contributed by atoms with Crippen LogP contribution in [0.4, 0.5) is 0 Å². The highest BCUT2D eigenvalue weighted by Crippen LogP contribution is 2.38. The van der Waals surface area contributed by atoms with E-state index in [1.807, 2.05) is 0 Å². The van der Waals surface area contributed by atoms with Crippen LogP contribution in [0.3, 0.4) is 0 Å². The summed E-state index contributed by atoms with van der Waals surface area (Å²) >= 11 is 0. The third-order valence-corrected chi connectivity index (χ3v) is 4.23. The van der Waals surface area contributed by atoms with Crippen LogP contribution < -0.4 is 5.73 Å². The van der Waals surface area contributed by atoms with Gasteiger partial charge in [-0.15, -0.1) is 0 Å². The van der Waals surface area contributed by atoms with Gasteiger partial charge in [-0.2, -0.15) is 0 Å². The summed E-state index contributed by atoms with van der Waals surface area (Å²) in [5.41, 5.74) is 6.08. The second-order valence-electron chi connectivity index (χ2n) is 5.79. The van der Waals surface area contributed by atoms with E-state index in [0.717, 1.165) is 19.3 Å². The number of Topliss-reactive ketones (excluding diaryl/α,β-unsaturated/α-hetero) is 1. The minimum atomic E-state index is 0.167. The number of hydrogen-bond donors (Lipinski definition) is 1. The SMILES string of the molecule is CCCCCCC(=O)CC1(CN)CCCCC1. The van der Waals surface area contributed by atoms with Crippen molar-refractivity contribution >= 4 is 5.78 Å². The van der Waals surface area contributed by atoms with Gasteiger partial charge in [0.25, 0.3) is 0 Å². The summed E-state index contributed by atoms with van der Waals surface area (Å²) in [6, 6.07) is 0. The predicted molar refractivity (Wildman–Crippen MR) is 73.0 cm³/mol. The highest BCUT2D eigenvalue weighted by molar-refractivity contribution is 5.79. The molecule has 100 valence electrons. The van der Waals surface area contributed by atoms with Gasteiger partial charge in [-0.25, -0.2) is 0 Å². The smallest absolute Gasteiger partial charge is 0.133 e. The molecule has 0 unspecified atom stereocenters. The third kappa shape index (κ3) is 5.20. The second-order valence-corrected chi connectivity index (χ2v) is 5.79. The summed E-state index contributed by atoms with van der Waals surface area (Å²) in [6.07, 6.45) is 12.5. The minimum absolute atomic E-state index is 0.167. The quantitative estimate of drug-likeness (QED) is 0.654. The van der Waals surface area contributed by atoms with Gasteiger partial charge in [0, 0.05) is 12.8 Å². The Kier molecular flexibility index (Phi) is 6.79. The maximum atomic E-state index is 12.0. The number of carbonyl (C=O) groups is 1. The Morgan fingerprint density at radius 3 is 2.41 bits per heavy atom. The van der Waals surface area contributed by atoms with Crippen LogP contribution in [0.25, 0.3) is 0 Å². The first kappa shape index (κ1) is 14.7. The van der Waals surface area contributed by atoms with Crippen LogP contribution in [0, 0.1) is 5.41 Å². The maximum absolute atomic E-state index is 12.0. The number of carbonyl (C=O) groups excluding carboxylic acids is 1. The van der Waals surface area contributed by atoms with Crippen LogP contribution >= 0.6 is 0 Å². The Morgan fingerprint density at radius 1 is 1.12 bits per heavy atom. The molecule has 17 heavy (non-hydrogen) atoms. The maximum Gasteiger partial charge on any atom is 0.133 e. The normalized spacial score (nSPS) is 19.2. The van der Waals surface area contributed by atoms with E-state index in [2.05, 4.69) is 6.92 Å².